The number of hydrogen-bond acceptors (Lipinski definition) is 10. The van der Waals surface area contributed by atoms with Crippen molar-refractivity contribution in [3.05, 3.63) is 11.6 Å². The number of fused-ring (bicyclic) bond motifs is 1. The fourth-order valence-electron chi connectivity index (χ4n) is 8.56. The molecule has 2 aromatic rings. The number of amides is 1. The molecular formula is C24H33ClN6O7S. The standard InChI is InChI=1S/C24H33ClN6O7S/c1-22-3-12-4-23(2,8-22)10-24(5-12,9-22)30-18-15-19(29-21(25)28-18)31(11-27-15)20-17(34)16(33)13(38-20)6-26-14(32)7-39(35,36)37/h11-13,16-17,20,33-34H,3-10H2,1-2H3,(H,26,32)(H,28,29,30)(H,35,36,37)/t12?,13-,16?,17?,20-,22-,23+,24?/m1/s1. The molecule has 4 saturated carbocycles. The third-order valence-electron chi connectivity index (χ3n) is 8.83. The summed E-state index contributed by atoms with van der Waals surface area (Å²) >= 11 is 6.36. The van der Waals surface area contributed by atoms with Gasteiger partial charge in [-0.05, 0) is 66.9 Å². The van der Waals surface area contributed by atoms with Gasteiger partial charge in [0.15, 0.2) is 29.0 Å². The molecule has 5 aliphatic rings. The first-order chi connectivity index (χ1) is 18.2. The van der Waals surface area contributed by atoms with Gasteiger partial charge in [0, 0.05) is 12.1 Å². The summed E-state index contributed by atoms with van der Waals surface area (Å²) in [4.78, 5) is 25.1. The zero-order valence-electron chi connectivity index (χ0n) is 21.7. The number of hydrogen-bond donors (Lipinski definition) is 5. The molecule has 39 heavy (non-hydrogen) atoms. The van der Waals surface area contributed by atoms with Gasteiger partial charge in [-0.3, -0.25) is 13.9 Å². The molecule has 4 bridgehead atoms. The van der Waals surface area contributed by atoms with E-state index in [2.05, 4.69) is 39.4 Å². The first-order valence-corrected chi connectivity index (χ1v) is 15.1. The summed E-state index contributed by atoms with van der Waals surface area (Å²) in [5.74, 6) is -0.922. The molecule has 13 nitrogen and oxygen atoms in total. The average Bonchev–Trinajstić information content (AvgIpc) is 3.29. The maximum absolute atomic E-state index is 11.8. The maximum atomic E-state index is 11.8. The summed E-state index contributed by atoms with van der Waals surface area (Å²) in [6.07, 6.45) is 3.32. The van der Waals surface area contributed by atoms with E-state index in [1.165, 1.54) is 30.2 Å². The van der Waals surface area contributed by atoms with E-state index in [1.807, 2.05) is 0 Å². The van der Waals surface area contributed by atoms with Crippen LogP contribution < -0.4 is 10.6 Å². The van der Waals surface area contributed by atoms with Crippen molar-refractivity contribution in [3.8, 4) is 0 Å². The zero-order chi connectivity index (χ0) is 28.0. The molecule has 5 N–H and O–H groups in total. The van der Waals surface area contributed by atoms with Gasteiger partial charge in [-0.1, -0.05) is 13.8 Å². The van der Waals surface area contributed by atoms with Gasteiger partial charge in [0.2, 0.25) is 11.2 Å². The number of aliphatic hydroxyl groups excluding tert-OH is 2. The van der Waals surface area contributed by atoms with E-state index in [9.17, 15) is 23.4 Å². The van der Waals surface area contributed by atoms with Crippen LogP contribution in [0.5, 0.6) is 0 Å². The lowest BCUT2D eigenvalue weighted by atomic mass is 9.43. The van der Waals surface area contributed by atoms with Gasteiger partial charge in [0.25, 0.3) is 10.1 Å². The number of carbonyl (C=O) groups is 1. The lowest BCUT2D eigenvalue weighted by Gasteiger charge is -2.65. The van der Waals surface area contributed by atoms with Crippen LogP contribution in [-0.4, -0.2) is 84.8 Å². The first kappa shape index (κ1) is 27.1. The zero-order valence-corrected chi connectivity index (χ0v) is 23.2. The van der Waals surface area contributed by atoms with Crippen LogP contribution >= 0.6 is 11.6 Å². The Morgan fingerprint density at radius 3 is 2.49 bits per heavy atom. The van der Waals surface area contributed by atoms with Crippen molar-refractivity contribution in [1.29, 1.82) is 0 Å². The third-order valence-corrected chi connectivity index (χ3v) is 9.63. The van der Waals surface area contributed by atoms with Crippen molar-refractivity contribution in [2.75, 3.05) is 17.6 Å². The number of ether oxygens (including phenoxy) is 1. The van der Waals surface area contributed by atoms with Crippen molar-refractivity contribution >= 4 is 44.6 Å². The molecule has 0 aromatic carbocycles. The van der Waals surface area contributed by atoms with Crippen LogP contribution in [0.2, 0.25) is 5.28 Å². The molecule has 1 saturated heterocycles. The van der Waals surface area contributed by atoms with Gasteiger partial charge >= 0.3 is 0 Å². The highest BCUT2D eigenvalue weighted by atomic mass is 35.5. The van der Waals surface area contributed by atoms with Crippen LogP contribution in [0.1, 0.15) is 58.6 Å². The Kier molecular flexibility index (Phi) is 6.22. The molecule has 4 aliphatic carbocycles. The molecule has 214 valence electrons. The van der Waals surface area contributed by atoms with Crippen LogP contribution in [0.15, 0.2) is 6.33 Å². The van der Waals surface area contributed by atoms with E-state index in [0.717, 1.165) is 19.3 Å². The Hall–Kier alpha value is -2.10. The van der Waals surface area contributed by atoms with Gasteiger partial charge in [-0.25, -0.2) is 4.98 Å². The smallest absolute Gasteiger partial charge is 0.274 e. The Balaban J connectivity index is 1.25. The van der Waals surface area contributed by atoms with E-state index < -0.39 is 46.3 Å². The van der Waals surface area contributed by atoms with Gasteiger partial charge in [-0.15, -0.1) is 0 Å². The molecule has 8 atom stereocenters. The van der Waals surface area contributed by atoms with Crippen molar-refractivity contribution < 1.29 is 32.7 Å². The van der Waals surface area contributed by atoms with E-state index in [-0.39, 0.29) is 28.2 Å². The fraction of sp³-hybridized carbons (Fsp3) is 0.750. The van der Waals surface area contributed by atoms with Crippen LogP contribution in [0, 0.1) is 16.7 Å². The van der Waals surface area contributed by atoms with Crippen LogP contribution in [0.25, 0.3) is 11.2 Å². The minimum atomic E-state index is -4.51. The second kappa shape index (κ2) is 8.95. The summed E-state index contributed by atoms with van der Waals surface area (Å²) in [5.41, 5.74) is 1.20. The molecule has 1 amide bonds. The number of aromatic nitrogens is 4. The molecule has 0 radical (unpaired) electrons. The normalized spacial score (nSPS) is 39.4. The highest BCUT2D eigenvalue weighted by molar-refractivity contribution is 7.86. The molecule has 7 rings (SSSR count). The Morgan fingerprint density at radius 2 is 1.85 bits per heavy atom. The first-order valence-electron chi connectivity index (χ1n) is 13.1. The Morgan fingerprint density at radius 1 is 1.15 bits per heavy atom. The molecule has 1 aliphatic heterocycles. The molecule has 15 heteroatoms. The van der Waals surface area contributed by atoms with Crippen LogP contribution in [0.3, 0.4) is 0 Å². The molecule has 0 spiro atoms. The summed E-state index contributed by atoms with van der Waals surface area (Å²) in [6, 6.07) is 0. The van der Waals surface area contributed by atoms with Gasteiger partial charge in [0.05, 0.1) is 6.33 Å². The topological polar surface area (TPSA) is 189 Å². The SMILES string of the molecule is C[C@]12CC3CC(Nc4nc(Cl)nc5c4ncn5[C@@H]4O[C@H](CNC(=O)CS(=O)(=O)O)C(O)C4O)(C1)C[C@@](C)(C3)C2. The number of anilines is 1. The second-order valence-corrected chi connectivity index (χ2v) is 14.6. The summed E-state index contributed by atoms with van der Waals surface area (Å²) < 4.78 is 37.9. The predicted molar refractivity (Wildman–Crippen MR) is 139 cm³/mol. The second-order valence-electron chi connectivity index (χ2n) is 12.8. The average molecular weight is 585 g/mol. The Labute approximate surface area is 230 Å². The number of aliphatic hydroxyl groups is 2. The number of nitrogens with one attached hydrogen (secondary N) is 2. The molecule has 3 heterocycles. The van der Waals surface area contributed by atoms with Crippen molar-refractivity contribution in [2.24, 2.45) is 16.7 Å². The third kappa shape index (κ3) is 4.99. The highest BCUT2D eigenvalue weighted by Gasteiger charge is 2.60. The predicted octanol–water partition coefficient (Wildman–Crippen LogP) is 1.26. The van der Waals surface area contributed by atoms with Crippen molar-refractivity contribution in [2.45, 2.75) is 82.5 Å². The number of halogens is 1. The van der Waals surface area contributed by atoms with Gasteiger partial charge < -0.3 is 25.6 Å². The number of carbonyl (C=O) groups excluding carboxylic acids is 1. The van der Waals surface area contributed by atoms with Crippen LogP contribution in [0.4, 0.5) is 5.82 Å². The highest BCUT2D eigenvalue weighted by Crippen LogP contribution is 2.66. The van der Waals surface area contributed by atoms with E-state index in [0.29, 0.717) is 22.9 Å². The number of nitrogens with zero attached hydrogens (tertiary/aromatic N) is 4. The summed E-state index contributed by atoms with van der Waals surface area (Å²) in [6.45, 7) is 4.48. The molecular weight excluding hydrogens is 552 g/mol. The van der Waals surface area contributed by atoms with Gasteiger partial charge in [0.1, 0.15) is 18.3 Å². The van der Waals surface area contributed by atoms with Crippen LogP contribution in [-0.2, 0) is 19.6 Å². The minimum Gasteiger partial charge on any atom is -0.387 e. The number of imidazole rings is 1. The lowest BCUT2D eigenvalue weighted by molar-refractivity contribution is -0.119. The maximum Gasteiger partial charge on any atom is 0.274 e. The quantitative estimate of drug-likeness (QED) is 0.233. The monoisotopic (exact) mass is 584 g/mol. The summed E-state index contributed by atoms with van der Waals surface area (Å²) in [5, 5.41) is 27.3. The molecule has 2 aromatic heterocycles. The van der Waals surface area contributed by atoms with E-state index in [1.54, 1.807) is 0 Å². The Bertz CT molecular complexity index is 1420. The molecule has 4 unspecified atom stereocenters. The summed E-state index contributed by atoms with van der Waals surface area (Å²) in [7, 11) is -4.51. The largest absolute Gasteiger partial charge is 0.387 e. The molecule has 5 fully saturated rings. The van der Waals surface area contributed by atoms with Gasteiger partial charge in [-0.2, -0.15) is 18.4 Å². The van der Waals surface area contributed by atoms with Crippen molar-refractivity contribution in [1.82, 2.24) is 24.8 Å². The lowest BCUT2D eigenvalue weighted by Crippen LogP contribution is -2.61. The van der Waals surface area contributed by atoms with Crippen molar-refractivity contribution in [3.63, 3.8) is 0 Å². The van der Waals surface area contributed by atoms with E-state index in [4.69, 9.17) is 20.9 Å². The minimum absolute atomic E-state index is 0.00374. The van der Waals surface area contributed by atoms with E-state index >= 15 is 0 Å². The number of rotatable bonds is 7. The fourth-order valence-corrected chi connectivity index (χ4v) is 9.16.